The number of halogens is 1. The summed E-state index contributed by atoms with van der Waals surface area (Å²) in [5.74, 6) is -0.808. The van der Waals surface area contributed by atoms with Crippen LogP contribution in [0, 0.1) is 5.82 Å². The van der Waals surface area contributed by atoms with Gasteiger partial charge in [-0.2, -0.15) is 0 Å². The van der Waals surface area contributed by atoms with Gasteiger partial charge in [0.25, 0.3) is 0 Å². The number of anilines is 2. The van der Waals surface area contributed by atoms with E-state index in [0.29, 0.717) is 22.4 Å². The second-order valence-electron chi connectivity index (χ2n) is 4.51. The number of benzene rings is 2. The summed E-state index contributed by atoms with van der Waals surface area (Å²) in [5, 5.41) is 12.7. The van der Waals surface area contributed by atoms with Crippen molar-refractivity contribution in [1.82, 2.24) is 4.98 Å². The predicted molar refractivity (Wildman–Crippen MR) is 78.4 cm³/mol. The number of carboxylic acids is 1. The van der Waals surface area contributed by atoms with E-state index in [2.05, 4.69) is 10.3 Å². The van der Waals surface area contributed by atoms with E-state index in [1.807, 2.05) is 0 Å². The molecule has 0 fully saturated rings. The van der Waals surface area contributed by atoms with E-state index >= 15 is 0 Å². The molecule has 21 heavy (non-hydrogen) atoms. The van der Waals surface area contributed by atoms with Gasteiger partial charge in [0.1, 0.15) is 11.6 Å². The van der Waals surface area contributed by atoms with Gasteiger partial charge in [0, 0.05) is 11.1 Å². The minimum Gasteiger partial charge on any atom is -0.478 e. The van der Waals surface area contributed by atoms with E-state index in [4.69, 9.17) is 5.11 Å². The van der Waals surface area contributed by atoms with Gasteiger partial charge < -0.3 is 10.4 Å². The van der Waals surface area contributed by atoms with Crippen LogP contribution in [-0.4, -0.2) is 16.1 Å². The fourth-order valence-corrected chi connectivity index (χ4v) is 2.13. The Morgan fingerprint density at radius 3 is 2.67 bits per heavy atom. The van der Waals surface area contributed by atoms with Gasteiger partial charge in [-0.3, -0.25) is 0 Å². The van der Waals surface area contributed by atoms with Gasteiger partial charge >= 0.3 is 5.97 Å². The summed E-state index contributed by atoms with van der Waals surface area (Å²) in [6.45, 7) is 0. The average Bonchev–Trinajstić information content (AvgIpc) is 2.46. The zero-order valence-corrected chi connectivity index (χ0v) is 10.9. The number of fused-ring (bicyclic) bond motifs is 1. The molecule has 0 unspecified atom stereocenters. The lowest BCUT2D eigenvalue weighted by molar-refractivity contribution is 0.0699. The molecule has 5 heteroatoms. The molecule has 2 aromatic carbocycles. The van der Waals surface area contributed by atoms with Gasteiger partial charge in [-0.15, -0.1) is 0 Å². The lowest BCUT2D eigenvalue weighted by Gasteiger charge is -2.08. The van der Waals surface area contributed by atoms with Crippen molar-refractivity contribution in [2.45, 2.75) is 0 Å². The molecule has 1 aromatic heterocycles. The Morgan fingerprint density at radius 2 is 1.90 bits per heavy atom. The van der Waals surface area contributed by atoms with Crippen molar-refractivity contribution in [2.24, 2.45) is 0 Å². The first-order chi connectivity index (χ1) is 10.1. The minimum atomic E-state index is -0.992. The maximum atomic E-state index is 13.1. The van der Waals surface area contributed by atoms with Crippen LogP contribution in [0.1, 0.15) is 10.4 Å². The summed E-state index contributed by atoms with van der Waals surface area (Å²) in [7, 11) is 0. The zero-order chi connectivity index (χ0) is 14.8. The molecule has 0 aliphatic heterocycles. The molecular weight excluding hydrogens is 271 g/mol. The number of carboxylic acid groups (broad SMARTS) is 1. The highest BCUT2D eigenvalue weighted by atomic mass is 19.1. The first-order valence-corrected chi connectivity index (χ1v) is 6.29. The van der Waals surface area contributed by atoms with Crippen molar-refractivity contribution in [3.8, 4) is 0 Å². The molecule has 3 rings (SSSR count). The number of nitrogens with one attached hydrogen (secondary N) is 1. The molecule has 0 bridgehead atoms. The van der Waals surface area contributed by atoms with Crippen LogP contribution < -0.4 is 5.32 Å². The number of nitrogens with zero attached hydrogens (tertiary/aromatic N) is 1. The summed E-state index contributed by atoms with van der Waals surface area (Å²) in [4.78, 5) is 15.5. The molecule has 0 saturated heterocycles. The van der Waals surface area contributed by atoms with Crippen molar-refractivity contribution in [2.75, 3.05) is 5.32 Å². The maximum Gasteiger partial charge on any atom is 0.336 e. The predicted octanol–water partition coefficient (Wildman–Crippen LogP) is 3.82. The molecule has 4 nitrogen and oxygen atoms in total. The quantitative estimate of drug-likeness (QED) is 0.766. The number of pyridine rings is 1. The molecule has 1 heterocycles. The highest BCUT2D eigenvalue weighted by molar-refractivity contribution is 6.02. The highest BCUT2D eigenvalue weighted by Crippen LogP contribution is 2.22. The lowest BCUT2D eigenvalue weighted by Crippen LogP contribution is -1.99. The number of hydrogen-bond acceptors (Lipinski definition) is 3. The standard InChI is InChI=1S/C16H11FN2O2/c17-10-3-1-4-11(9-10)18-15-8-7-12-13(16(20)21)5-2-6-14(12)19-15/h1-9H,(H,18,19)(H,20,21). The van der Waals surface area contributed by atoms with E-state index < -0.39 is 5.97 Å². The van der Waals surface area contributed by atoms with E-state index in [-0.39, 0.29) is 11.4 Å². The molecule has 0 atom stereocenters. The first kappa shape index (κ1) is 13.1. The molecule has 0 aliphatic rings. The van der Waals surface area contributed by atoms with E-state index in [9.17, 15) is 9.18 Å². The number of aromatic carboxylic acids is 1. The molecule has 0 saturated carbocycles. The maximum absolute atomic E-state index is 13.1. The number of aromatic nitrogens is 1. The van der Waals surface area contributed by atoms with Crippen LogP contribution in [0.3, 0.4) is 0 Å². The third-order valence-corrected chi connectivity index (χ3v) is 3.06. The monoisotopic (exact) mass is 282 g/mol. The molecule has 104 valence electrons. The van der Waals surface area contributed by atoms with Crippen LogP contribution in [0.2, 0.25) is 0 Å². The third-order valence-electron chi connectivity index (χ3n) is 3.06. The van der Waals surface area contributed by atoms with Crippen molar-refractivity contribution in [3.05, 3.63) is 66.0 Å². The summed E-state index contributed by atoms with van der Waals surface area (Å²) >= 11 is 0. The molecule has 2 N–H and O–H groups in total. The second-order valence-corrected chi connectivity index (χ2v) is 4.51. The van der Waals surface area contributed by atoms with Crippen LogP contribution in [0.25, 0.3) is 10.9 Å². The fourth-order valence-electron chi connectivity index (χ4n) is 2.13. The fraction of sp³-hybridized carbons (Fsp3) is 0. The van der Waals surface area contributed by atoms with Crippen LogP contribution in [0.4, 0.5) is 15.9 Å². The smallest absolute Gasteiger partial charge is 0.336 e. The van der Waals surface area contributed by atoms with E-state index in [1.165, 1.54) is 18.2 Å². The first-order valence-electron chi connectivity index (χ1n) is 6.29. The third kappa shape index (κ3) is 2.67. The van der Waals surface area contributed by atoms with Crippen LogP contribution in [0.5, 0.6) is 0 Å². The van der Waals surface area contributed by atoms with Gasteiger partial charge in [-0.05, 0) is 42.5 Å². The number of hydrogen-bond donors (Lipinski definition) is 2. The van der Waals surface area contributed by atoms with Crippen molar-refractivity contribution in [1.29, 1.82) is 0 Å². The van der Waals surface area contributed by atoms with Crippen molar-refractivity contribution < 1.29 is 14.3 Å². The molecular formula is C16H11FN2O2. The van der Waals surface area contributed by atoms with Crippen molar-refractivity contribution >= 4 is 28.4 Å². The summed E-state index contributed by atoms with van der Waals surface area (Å²) in [5.41, 5.74) is 1.35. The molecule has 0 spiro atoms. The Bertz CT molecular complexity index is 833. The Labute approximate surface area is 119 Å². The number of carbonyl (C=O) groups is 1. The summed E-state index contributed by atoms with van der Waals surface area (Å²) in [6, 6.07) is 14.3. The zero-order valence-electron chi connectivity index (χ0n) is 10.9. The van der Waals surface area contributed by atoms with Crippen LogP contribution in [-0.2, 0) is 0 Å². The largest absolute Gasteiger partial charge is 0.478 e. The minimum absolute atomic E-state index is 0.206. The Balaban J connectivity index is 2.00. The van der Waals surface area contributed by atoms with Gasteiger partial charge in [0.2, 0.25) is 0 Å². The van der Waals surface area contributed by atoms with E-state index in [1.54, 1.807) is 36.4 Å². The molecule has 3 aromatic rings. The number of rotatable bonds is 3. The van der Waals surface area contributed by atoms with E-state index in [0.717, 1.165) is 0 Å². The normalized spacial score (nSPS) is 10.5. The highest BCUT2D eigenvalue weighted by Gasteiger charge is 2.09. The molecule has 0 radical (unpaired) electrons. The summed E-state index contributed by atoms with van der Waals surface area (Å²) < 4.78 is 13.1. The topological polar surface area (TPSA) is 62.2 Å². The average molecular weight is 282 g/mol. The van der Waals surface area contributed by atoms with Gasteiger partial charge in [-0.1, -0.05) is 12.1 Å². The van der Waals surface area contributed by atoms with Crippen LogP contribution in [0.15, 0.2) is 54.6 Å². The van der Waals surface area contributed by atoms with Gasteiger partial charge in [0.15, 0.2) is 0 Å². The van der Waals surface area contributed by atoms with Crippen molar-refractivity contribution in [3.63, 3.8) is 0 Å². The summed E-state index contributed by atoms with van der Waals surface area (Å²) in [6.07, 6.45) is 0. The van der Waals surface area contributed by atoms with Gasteiger partial charge in [-0.25, -0.2) is 14.2 Å². The Kier molecular flexibility index (Phi) is 3.23. The SMILES string of the molecule is O=C(O)c1cccc2nc(Nc3cccc(F)c3)ccc12. The Morgan fingerprint density at radius 1 is 1.10 bits per heavy atom. The lowest BCUT2D eigenvalue weighted by atomic mass is 10.1. The molecule has 0 aliphatic carbocycles. The Hall–Kier alpha value is -2.95. The van der Waals surface area contributed by atoms with Crippen LogP contribution >= 0.6 is 0 Å². The molecule has 0 amide bonds. The van der Waals surface area contributed by atoms with Gasteiger partial charge in [0.05, 0.1) is 11.1 Å². The second kappa shape index (κ2) is 5.20.